The summed E-state index contributed by atoms with van der Waals surface area (Å²) in [6.45, 7) is 5.04. The van der Waals surface area contributed by atoms with Gasteiger partial charge in [0.2, 0.25) is 0 Å². The Labute approximate surface area is 147 Å². The molecule has 3 aliphatic heterocycles. The molecule has 130 valence electrons. The van der Waals surface area contributed by atoms with E-state index in [-0.39, 0.29) is 12.1 Å². The van der Waals surface area contributed by atoms with Gasteiger partial charge in [-0.15, -0.1) is 11.3 Å². The van der Waals surface area contributed by atoms with Crippen molar-refractivity contribution in [2.24, 2.45) is 0 Å². The lowest BCUT2D eigenvalue weighted by Gasteiger charge is -2.35. The fourth-order valence-corrected chi connectivity index (χ4v) is 4.66. The number of hydrogen-bond acceptors (Lipinski definition) is 4. The van der Waals surface area contributed by atoms with Crippen molar-refractivity contribution in [3.63, 3.8) is 0 Å². The van der Waals surface area contributed by atoms with Crippen molar-refractivity contribution in [1.29, 1.82) is 0 Å². The zero-order valence-corrected chi connectivity index (χ0v) is 14.8. The highest BCUT2D eigenvalue weighted by atomic mass is 32.1. The lowest BCUT2D eigenvalue weighted by molar-refractivity contribution is -0.0460. The summed E-state index contributed by atoms with van der Waals surface area (Å²) in [6.07, 6.45) is 5.78. The fraction of sp³-hybridized carbons (Fsp3) is 0.611. The summed E-state index contributed by atoms with van der Waals surface area (Å²) >= 11 is 1.77. The number of morpholine rings is 1. The van der Waals surface area contributed by atoms with Gasteiger partial charge in [-0.2, -0.15) is 0 Å². The van der Waals surface area contributed by atoms with Crippen LogP contribution >= 0.6 is 11.3 Å². The predicted octanol–water partition coefficient (Wildman–Crippen LogP) is 2.41. The van der Waals surface area contributed by atoms with Gasteiger partial charge in [-0.05, 0) is 42.8 Å². The van der Waals surface area contributed by atoms with Crippen molar-refractivity contribution in [3.8, 4) is 0 Å². The standard InChI is InChI=1S/C18H25N3O2S/c22-18(19-11-16-12-21-7-1-3-15(21)13-23-16)20-8-5-14(6-9-20)17-4-2-10-24-17/h2,4-5,10,15-16H,1,3,6-9,11-13H2,(H,19,22)/t15-,16-/m0/s1. The maximum atomic E-state index is 12.4. The highest BCUT2D eigenvalue weighted by Gasteiger charge is 2.32. The van der Waals surface area contributed by atoms with Crippen LogP contribution in [-0.2, 0) is 4.74 Å². The summed E-state index contributed by atoms with van der Waals surface area (Å²) in [7, 11) is 0. The second-order valence-corrected chi connectivity index (χ2v) is 7.78. The maximum Gasteiger partial charge on any atom is 0.317 e. The Kier molecular flexibility index (Phi) is 4.87. The summed E-state index contributed by atoms with van der Waals surface area (Å²) in [5, 5.41) is 5.16. The first-order chi connectivity index (χ1) is 11.8. The number of fused-ring (bicyclic) bond motifs is 1. The normalized spacial score (nSPS) is 27.7. The van der Waals surface area contributed by atoms with Gasteiger partial charge in [-0.3, -0.25) is 4.90 Å². The topological polar surface area (TPSA) is 44.8 Å². The molecule has 0 spiro atoms. The first-order valence-corrected chi connectivity index (χ1v) is 9.79. The molecule has 1 aromatic heterocycles. The van der Waals surface area contributed by atoms with E-state index in [4.69, 9.17) is 4.74 Å². The van der Waals surface area contributed by atoms with Crippen molar-refractivity contribution in [3.05, 3.63) is 28.5 Å². The molecular formula is C18H25N3O2S. The largest absolute Gasteiger partial charge is 0.373 e. The summed E-state index contributed by atoms with van der Waals surface area (Å²) in [4.78, 5) is 18.1. The van der Waals surface area contributed by atoms with Gasteiger partial charge in [-0.25, -0.2) is 4.79 Å². The molecule has 2 atom stereocenters. The zero-order valence-electron chi connectivity index (χ0n) is 13.9. The number of nitrogens with one attached hydrogen (secondary N) is 1. The van der Waals surface area contributed by atoms with Crippen molar-refractivity contribution >= 4 is 22.9 Å². The molecule has 24 heavy (non-hydrogen) atoms. The minimum absolute atomic E-state index is 0.0311. The quantitative estimate of drug-likeness (QED) is 0.913. The second kappa shape index (κ2) is 7.25. The third kappa shape index (κ3) is 3.50. The first-order valence-electron chi connectivity index (χ1n) is 8.91. The SMILES string of the molecule is O=C(NC[C@H]1CN2CCC[C@H]2CO1)N1CC=C(c2cccs2)CC1. The van der Waals surface area contributed by atoms with E-state index in [0.29, 0.717) is 19.1 Å². The number of amides is 2. The van der Waals surface area contributed by atoms with Crippen molar-refractivity contribution < 1.29 is 9.53 Å². The van der Waals surface area contributed by atoms with Crippen molar-refractivity contribution in [2.75, 3.05) is 39.3 Å². The van der Waals surface area contributed by atoms with Crippen molar-refractivity contribution in [2.45, 2.75) is 31.4 Å². The van der Waals surface area contributed by atoms with E-state index < -0.39 is 0 Å². The summed E-state index contributed by atoms with van der Waals surface area (Å²) < 4.78 is 5.91. The molecule has 1 N–H and O–H groups in total. The minimum Gasteiger partial charge on any atom is -0.373 e. The third-order valence-electron chi connectivity index (χ3n) is 5.28. The molecule has 2 fully saturated rings. The molecule has 0 radical (unpaired) electrons. The highest BCUT2D eigenvalue weighted by molar-refractivity contribution is 7.11. The fourth-order valence-electron chi connectivity index (χ4n) is 3.86. The molecule has 0 aromatic carbocycles. The van der Waals surface area contributed by atoms with E-state index in [9.17, 15) is 4.79 Å². The number of ether oxygens (including phenoxy) is 1. The smallest absolute Gasteiger partial charge is 0.317 e. The Hall–Kier alpha value is -1.37. The Morgan fingerprint density at radius 1 is 1.42 bits per heavy atom. The average molecular weight is 347 g/mol. The molecule has 1 aromatic rings. The third-order valence-corrected chi connectivity index (χ3v) is 6.22. The van der Waals surface area contributed by atoms with E-state index in [0.717, 1.165) is 26.1 Å². The van der Waals surface area contributed by atoms with Crippen LogP contribution in [0, 0.1) is 0 Å². The Bertz CT molecular complexity index is 601. The van der Waals surface area contributed by atoms with Gasteiger partial charge in [0.15, 0.2) is 0 Å². The molecule has 0 saturated carbocycles. The van der Waals surface area contributed by atoms with Crippen LogP contribution in [0.5, 0.6) is 0 Å². The van der Waals surface area contributed by atoms with E-state index in [1.165, 1.54) is 29.8 Å². The number of nitrogens with zero attached hydrogens (tertiary/aromatic N) is 2. The molecule has 0 bridgehead atoms. The Morgan fingerprint density at radius 2 is 2.38 bits per heavy atom. The molecule has 2 saturated heterocycles. The second-order valence-electron chi connectivity index (χ2n) is 6.84. The van der Waals surface area contributed by atoms with Gasteiger partial charge < -0.3 is 15.0 Å². The van der Waals surface area contributed by atoms with Gasteiger partial charge in [0.05, 0.1) is 12.7 Å². The molecule has 0 aliphatic carbocycles. The van der Waals surface area contributed by atoms with Crippen LogP contribution < -0.4 is 5.32 Å². The Morgan fingerprint density at radius 3 is 3.17 bits per heavy atom. The van der Waals surface area contributed by atoms with Crippen LogP contribution in [0.4, 0.5) is 4.79 Å². The average Bonchev–Trinajstić information content (AvgIpc) is 3.31. The van der Waals surface area contributed by atoms with E-state index in [1.54, 1.807) is 11.3 Å². The van der Waals surface area contributed by atoms with Gasteiger partial charge in [0.1, 0.15) is 0 Å². The summed E-state index contributed by atoms with van der Waals surface area (Å²) in [5.41, 5.74) is 1.37. The van der Waals surface area contributed by atoms with E-state index in [1.807, 2.05) is 4.90 Å². The van der Waals surface area contributed by atoms with Gasteiger partial charge in [0.25, 0.3) is 0 Å². The lowest BCUT2D eigenvalue weighted by Crippen LogP contribution is -2.52. The molecule has 3 aliphatic rings. The molecule has 4 rings (SSSR count). The molecule has 0 unspecified atom stereocenters. The zero-order chi connectivity index (χ0) is 16.4. The lowest BCUT2D eigenvalue weighted by atomic mass is 10.1. The van der Waals surface area contributed by atoms with E-state index in [2.05, 4.69) is 33.8 Å². The first kappa shape index (κ1) is 16.1. The predicted molar refractivity (Wildman–Crippen MR) is 96.2 cm³/mol. The van der Waals surface area contributed by atoms with Gasteiger partial charge in [0, 0.05) is 37.1 Å². The van der Waals surface area contributed by atoms with E-state index >= 15 is 0 Å². The monoisotopic (exact) mass is 347 g/mol. The number of hydrogen-bond donors (Lipinski definition) is 1. The molecule has 5 nitrogen and oxygen atoms in total. The Balaban J connectivity index is 1.24. The van der Waals surface area contributed by atoms with Crippen LogP contribution in [0.1, 0.15) is 24.1 Å². The number of thiophene rings is 1. The summed E-state index contributed by atoms with van der Waals surface area (Å²) in [5.74, 6) is 0. The van der Waals surface area contributed by atoms with Crippen LogP contribution in [0.3, 0.4) is 0 Å². The maximum absolute atomic E-state index is 12.4. The van der Waals surface area contributed by atoms with Gasteiger partial charge >= 0.3 is 6.03 Å². The minimum atomic E-state index is 0.0311. The van der Waals surface area contributed by atoms with Crippen LogP contribution in [0.2, 0.25) is 0 Å². The van der Waals surface area contributed by atoms with Gasteiger partial charge in [-0.1, -0.05) is 12.1 Å². The van der Waals surface area contributed by atoms with Crippen LogP contribution in [0.25, 0.3) is 5.57 Å². The molecule has 2 amide bonds. The molecule has 4 heterocycles. The highest BCUT2D eigenvalue weighted by Crippen LogP contribution is 2.26. The number of rotatable bonds is 3. The summed E-state index contributed by atoms with van der Waals surface area (Å²) in [6, 6.07) is 4.87. The van der Waals surface area contributed by atoms with Crippen molar-refractivity contribution in [1.82, 2.24) is 15.1 Å². The number of carbonyl (C=O) groups excluding carboxylic acids is 1. The van der Waals surface area contributed by atoms with Crippen LogP contribution in [0.15, 0.2) is 23.6 Å². The van der Waals surface area contributed by atoms with Crippen LogP contribution in [-0.4, -0.2) is 67.3 Å². The molecule has 6 heteroatoms. The molecular weight excluding hydrogens is 322 g/mol. The number of urea groups is 1. The number of carbonyl (C=O) groups is 1.